The summed E-state index contributed by atoms with van der Waals surface area (Å²) in [5, 5.41) is 22.6. The normalized spacial score (nSPS) is 10.8. The van der Waals surface area contributed by atoms with E-state index in [0.29, 0.717) is 5.56 Å². The molecule has 0 radical (unpaired) electrons. The number of rotatable bonds is 4. The molecule has 0 saturated carbocycles. The summed E-state index contributed by atoms with van der Waals surface area (Å²) in [6.45, 7) is 0. The second-order valence-corrected chi connectivity index (χ2v) is 5.88. The summed E-state index contributed by atoms with van der Waals surface area (Å²) < 4.78 is 29.0. The van der Waals surface area contributed by atoms with Crippen LogP contribution in [0.5, 0.6) is 0 Å². The van der Waals surface area contributed by atoms with Crippen molar-refractivity contribution in [2.24, 2.45) is 0 Å². The topological polar surface area (TPSA) is 126 Å². The summed E-state index contributed by atoms with van der Waals surface area (Å²) in [5.41, 5.74) is 6.33. The number of nitro groups is 1. The van der Waals surface area contributed by atoms with Gasteiger partial charge in [0.15, 0.2) is 17.5 Å². The van der Waals surface area contributed by atoms with Gasteiger partial charge in [0.05, 0.1) is 16.1 Å². The highest BCUT2D eigenvalue weighted by atomic mass is 19.2. The standard InChI is InChI=1S/C18H11F2N7O2/c19-12-5-3-7-14(16(12)20)26-18(23-24-25-26)15-11(8-9-22-17(15)21)10-4-1-2-6-13(10)27(28)29/h1-9H,(H2,21,22). The number of nitrogen functional groups attached to an aromatic ring is 1. The van der Waals surface area contributed by atoms with Crippen LogP contribution in [0.4, 0.5) is 20.3 Å². The quantitative estimate of drug-likeness (QED) is 0.415. The summed E-state index contributed by atoms with van der Waals surface area (Å²) in [6.07, 6.45) is 1.38. The molecule has 11 heteroatoms. The van der Waals surface area contributed by atoms with Crippen LogP contribution >= 0.6 is 0 Å². The maximum Gasteiger partial charge on any atom is 0.277 e. The van der Waals surface area contributed by atoms with E-state index < -0.39 is 16.6 Å². The molecule has 0 unspecified atom stereocenters. The van der Waals surface area contributed by atoms with E-state index in [1.54, 1.807) is 6.07 Å². The lowest BCUT2D eigenvalue weighted by atomic mass is 9.98. The smallest absolute Gasteiger partial charge is 0.277 e. The van der Waals surface area contributed by atoms with Gasteiger partial charge in [-0.25, -0.2) is 13.8 Å². The van der Waals surface area contributed by atoms with Crippen LogP contribution in [0.1, 0.15) is 0 Å². The van der Waals surface area contributed by atoms with E-state index >= 15 is 0 Å². The van der Waals surface area contributed by atoms with Crippen LogP contribution in [-0.2, 0) is 0 Å². The molecule has 2 heterocycles. The lowest BCUT2D eigenvalue weighted by Gasteiger charge is -2.12. The molecule has 0 aliphatic carbocycles. The molecule has 0 saturated heterocycles. The number of hydrogen-bond donors (Lipinski definition) is 1. The first kappa shape index (κ1) is 18.1. The number of nitrogens with two attached hydrogens (primary N) is 1. The molecular weight excluding hydrogens is 384 g/mol. The number of anilines is 1. The summed E-state index contributed by atoms with van der Waals surface area (Å²) in [7, 11) is 0. The zero-order valence-corrected chi connectivity index (χ0v) is 14.5. The minimum Gasteiger partial charge on any atom is -0.383 e. The SMILES string of the molecule is Nc1nccc(-c2ccccc2[N+](=O)[O-])c1-c1nnnn1-c1cccc(F)c1F. The second-order valence-electron chi connectivity index (χ2n) is 5.88. The van der Waals surface area contributed by atoms with Gasteiger partial charge in [0.25, 0.3) is 5.69 Å². The molecule has 29 heavy (non-hydrogen) atoms. The first-order valence-corrected chi connectivity index (χ1v) is 8.20. The van der Waals surface area contributed by atoms with Crippen molar-refractivity contribution in [3.8, 4) is 28.2 Å². The van der Waals surface area contributed by atoms with E-state index in [-0.39, 0.29) is 34.1 Å². The van der Waals surface area contributed by atoms with E-state index in [1.807, 2.05) is 0 Å². The van der Waals surface area contributed by atoms with Crippen molar-refractivity contribution in [3.05, 3.63) is 76.5 Å². The first-order chi connectivity index (χ1) is 14.0. The van der Waals surface area contributed by atoms with Crippen LogP contribution in [-0.4, -0.2) is 30.1 Å². The Hall–Kier alpha value is -4.28. The summed E-state index contributed by atoms with van der Waals surface area (Å²) in [6, 6.07) is 11.1. The van der Waals surface area contributed by atoms with E-state index in [9.17, 15) is 18.9 Å². The van der Waals surface area contributed by atoms with Gasteiger partial charge in [0, 0.05) is 17.8 Å². The van der Waals surface area contributed by atoms with E-state index in [4.69, 9.17) is 5.73 Å². The molecule has 0 aliphatic rings. The van der Waals surface area contributed by atoms with E-state index in [1.165, 1.54) is 42.6 Å². The summed E-state index contributed by atoms with van der Waals surface area (Å²) in [4.78, 5) is 14.9. The number of hydrogen-bond acceptors (Lipinski definition) is 7. The highest BCUT2D eigenvalue weighted by Crippen LogP contribution is 2.39. The Kier molecular flexibility index (Phi) is 4.39. The van der Waals surface area contributed by atoms with Gasteiger partial charge in [-0.3, -0.25) is 10.1 Å². The number of para-hydroxylation sites is 1. The van der Waals surface area contributed by atoms with Crippen LogP contribution in [0.15, 0.2) is 54.7 Å². The molecule has 0 aliphatic heterocycles. The summed E-state index contributed by atoms with van der Waals surface area (Å²) >= 11 is 0. The van der Waals surface area contributed by atoms with Gasteiger partial charge in [-0.2, -0.15) is 4.68 Å². The number of aromatic nitrogens is 5. The van der Waals surface area contributed by atoms with Gasteiger partial charge in [-0.15, -0.1) is 5.10 Å². The van der Waals surface area contributed by atoms with Crippen molar-refractivity contribution in [1.82, 2.24) is 25.2 Å². The monoisotopic (exact) mass is 395 g/mol. The first-order valence-electron chi connectivity index (χ1n) is 8.20. The zero-order valence-electron chi connectivity index (χ0n) is 14.5. The second kappa shape index (κ2) is 7.03. The number of halogens is 2. The van der Waals surface area contributed by atoms with Crippen LogP contribution in [0.2, 0.25) is 0 Å². The van der Waals surface area contributed by atoms with E-state index in [2.05, 4.69) is 20.5 Å². The summed E-state index contributed by atoms with van der Waals surface area (Å²) in [5.74, 6) is -2.32. The fourth-order valence-electron chi connectivity index (χ4n) is 2.96. The van der Waals surface area contributed by atoms with Gasteiger partial charge in [-0.1, -0.05) is 18.2 Å². The molecule has 9 nitrogen and oxygen atoms in total. The number of tetrazole rings is 1. The maximum atomic E-state index is 14.3. The molecular formula is C18H11F2N7O2. The molecule has 144 valence electrons. The Balaban J connectivity index is 2.00. The molecule has 0 amide bonds. The van der Waals surface area contributed by atoms with Crippen molar-refractivity contribution in [1.29, 1.82) is 0 Å². The lowest BCUT2D eigenvalue weighted by molar-refractivity contribution is -0.384. The fourth-order valence-corrected chi connectivity index (χ4v) is 2.96. The Morgan fingerprint density at radius 2 is 1.83 bits per heavy atom. The van der Waals surface area contributed by atoms with Crippen molar-refractivity contribution < 1.29 is 13.7 Å². The molecule has 0 fully saturated rings. The van der Waals surface area contributed by atoms with Crippen molar-refractivity contribution in [2.45, 2.75) is 0 Å². The van der Waals surface area contributed by atoms with Crippen molar-refractivity contribution >= 4 is 11.5 Å². The third-order valence-corrected chi connectivity index (χ3v) is 4.22. The Morgan fingerprint density at radius 1 is 1.03 bits per heavy atom. The third kappa shape index (κ3) is 3.04. The Morgan fingerprint density at radius 3 is 2.62 bits per heavy atom. The van der Waals surface area contributed by atoms with Gasteiger partial charge < -0.3 is 5.73 Å². The molecule has 0 spiro atoms. The van der Waals surface area contributed by atoms with Crippen LogP contribution in [0, 0.1) is 21.7 Å². The minimum atomic E-state index is -1.16. The van der Waals surface area contributed by atoms with Gasteiger partial charge >= 0.3 is 0 Å². The lowest BCUT2D eigenvalue weighted by Crippen LogP contribution is -2.07. The minimum absolute atomic E-state index is 0.0338. The predicted molar refractivity (Wildman–Crippen MR) is 98.8 cm³/mol. The molecule has 2 N–H and O–H groups in total. The zero-order chi connectivity index (χ0) is 20.5. The van der Waals surface area contributed by atoms with Gasteiger partial charge in [0.1, 0.15) is 11.5 Å². The highest BCUT2D eigenvalue weighted by Gasteiger charge is 2.25. The average Bonchev–Trinajstić information content (AvgIpc) is 3.19. The number of pyridine rings is 1. The Bertz CT molecular complexity index is 1240. The molecule has 2 aromatic carbocycles. The predicted octanol–water partition coefficient (Wildman–Crippen LogP) is 3.16. The maximum absolute atomic E-state index is 14.3. The van der Waals surface area contributed by atoms with E-state index in [0.717, 1.165) is 10.7 Å². The molecule has 0 atom stereocenters. The Labute approximate surface area is 161 Å². The fraction of sp³-hybridized carbons (Fsp3) is 0. The van der Waals surface area contributed by atoms with Crippen LogP contribution in [0.3, 0.4) is 0 Å². The molecule has 4 rings (SSSR count). The number of nitrogens with zero attached hydrogens (tertiary/aromatic N) is 6. The van der Waals surface area contributed by atoms with Gasteiger partial charge in [0.2, 0.25) is 0 Å². The molecule has 4 aromatic rings. The number of nitro benzene ring substituents is 1. The third-order valence-electron chi connectivity index (χ3n) is 4.22. The van der Waals surface area contributed by atoms with Gasteiger partial charge in [-0.05, 0) is 34.7 Å². The highest BCUT2D eigenvalue weighted by molar-refractivity contribution is 5.90. The van der Waals surface area contributed by atoms with Crippen molar-refractivity contribution in [2.75, 3.05) is 5.73 Å². The van der Waals surface area contributed by atoms with Crippen molar-refractivity contribution in [3.63, 3.8) is 0 Å². The van der Waals surface area contributed by atoms with Crippen LogP contribution < -0.4 is 5.73 Å². The molecule has 2 aromatic heterocycles. The van der Waals surface area contributed by atoms with Crippen LogP contribution in [0.25, 0.3) is 28.2 Å². The average molecular weight is 395 g/mol. The molecule has 0 bridgehead atoms. The number of benzene rings is 2. The largest absolute Gasteiger partial charge is 0.383 e.